The zero-order chi connectivity index (χ0) is 12.3. The van der Waals surface area contributed by atoms with Crippen LogP contribution in [-0.4, -0.2) is 19.4 Å². The molecule has 0 aromatic heterocycles. The van der Waals surface area contributed by atoms with Crippen LogP contribution in [0.25, 0.3) is 0 Å². The maximum Gasteiger partial charge on any atom is 0.416 e. The summed E-state index contributed by atoms with van der Waals surface area (Å²) in [6, 6.07) is 4.72. The zero-order valence-corrected chi connectivity index (χ0v) is 9.01. The number of carbonyl (C=O) groups excluding carboxylic acids is 1. The molecule has 0 fully saturated rings. The van der Waals surface area contributed by atoms with Crippen molar-refractivity contribution < 1.29 is 18.0 Å². The molecule has 5 heteroatoms. The van der Waals surface area contributed by atoms with Gasteiger partial charge in [0, 0.05) is 12.7 Å². The molecule has 1 aromatic carbocycles. The Hall–Kier alpha value is -1.52. The van der Waals surface area contributed by atoms with Crippen molar-refractivity contribution in [3.05, 3.63) is 29.8 Å². The fourth-order valence-electron chi connectivity index (χ4n) is 1.33. The molecule has 0 unspecified atom stereocenters. The largest absolute Gasteiger partial charge is 0.416 e. The van der Waals surface area contributed by atoms with E-state index in [4.69, 9.17) is 0 Å². The summed E-state index contributed by atoms with van der Waals surface area (Å²) in [4.78, 5) is 12.4. The molecule has 88 valence electrons. The number of anilines is 1. The lowest BCUT2D eigenvalue weighted by Gasteiger charge is -2.18. The number of likely N-dealkylation sites (N-methyl/N-ethyl adjacent to an activating group) is 1. The van der Waals surface area contributed by atoms with Crippen molar-refractivity contribution in [1.82, 2.24) is 0 Å². The predicted molar refractivity (Wildman–Crippen MR) is 55.4 cm³/mol. The quantitative estimate of drug-likeness (QED) is 0.797. The van der Waals surface area contributed by atoms with Crippen LogP contribution in [0.5, 0.6) is 0 Å². The van der Waals surface area contributed by atoms with Crippen LogP contribution in [0.2, 0.25) is 0 Å². The smallest absolute Gasteiger partial charge is 0.367 e. The van der Waals surface area contributed by atoms with Crippen LogP contribution in [0, 0.1) is 0 Å². The van der Waals surface area contributed by atoms with Gasteiger partial charge in [-0.25, -0.2) is 0 Å². The Kier molecular flexibility index (Phi) is 3.57. The number of rotatable bonds is 3. The van der Waals surface area contributed by atoms with E-state index in [1.807, 2.05) is 0 Å². The first-order valence-electron chi connectivity index (χ1n) is 4.68. The molecule has 2 nitrogen and oxygen atoms in total. The molecule has 1 rings (SSSR count). The number of alkyl halides is 3. The molecule has 0 bridgehead atoms. The summed E-state index contributed by atoms with van der Waals surface area (Å²) < 4.78 is 36.8. The highest BCUT2D eigenvalue weighted by Crippen LogP contribution is 2.30. The summed E-state index contributed by atoms with van der Waals surface area (Å²) in [7, 11) is 1.66. The van der Waals surface area contributed by atoms with Crippen LogP contribution in [0.15, 0.2) is 24.3 Å². The van der Waals surface area contributed by atoms with Gasteiger partial charge in [0.05, 0.1) is 12.1 Å². The van der Waals surface area contributed by atoms with Crippen molar-refractivity contribution >= 4 is 11.5 Å². The summed E-state index contributed by atoms with van der Waals surface area (Å²) in [5.74, 6) is -0.0394. The van der Waals surface area contributed by atoms with Gasteiger partial charge in [-0.3, -0.25) is 4.79 Å². The Morgan fingerprint density at radius 2 is 1.75 bits per heavy atom. The highest BCUT2D eigenvalue weighted by molar-refractivity contribution is 5.80. The minimum absolute atomic E-state index is 0.0394. The normalized spacial score (nSPS) is 11.3. The van der Waals surface area contributed by atoms with Crippen molar-refractivity contribution in [1.29, 1.82) is 0 Å². The molecule has 0 aliphatic heterocycles. The molecule has 0 saturated carbocycles. The predicted octanol–water partition coefficient (Wildman–Crippen LogP) is 2.73. The second kappa shape index (κ2) is 4.55. The Bertz CT molecular complexity index is 370. The highest BCUT2D eigenvalue weighted by atomic mass is 19.4. The lowest BCUT2D eigenvalue weighted by molar-refractivity contribution is -0.137. The Labute approximate surface area is 91.7 Å². The van der Waals surface area contributed by atoms with Crippen molar-refractivity contribution in [2.24, 2.45) is 0 Å². The van der Waals surface area contributed by atoms with Crippen molar-refractivity contribution in [2.75, 3.05) is 18.5 Å². The fraction of sp³-hybridized carbons (Fsp3) is 0.364. The molecule has 0 N–H and O–H groups in total. The van der Waals surface area contributed by atoms with Gasteiger partial charge >= 0.3 is 6.18 Å². The fourth-order valence-corrected chi connectivity index (χ4v) is 1.33. The highest BCUT2D eigenvalue weighted by Gasteiger charge is 2.30. The molecule has 16 heavy (non-hydrogen) atoms. The first-order valence-corrected chi connectivity index (χ1v) is 4.68. The lowest BCUT2D eigenvalue weighted by Crippen LogP contribution is -2.23. The van der Waals surface area contributed by atoms with Crippen LogP contribution in [-0.2, 0) is 11.0 Å². The van der Waals surface area contributed by atoms with E-state index >= 15 is 0 Å². The Morgan fingerprint density at radius 1 is 1.25 bits per heavy atom. The van der Waals surface area contributed by atoms with Crippen molar-refractivity contribution in [3.63, 3.8) is 0 Å². The average Bonchev–Trinajstić information content (AvgIpc) is 2.15. The second-order valence-corrected chi connectivity index (χ2v) is 3.60. The number of benzene rings is 1. The third-order valence-electron chi connectivity index (χ3n) is 2.10. The van der Waals surface area contributed by atoms with Crippen molar-refractivity contribution in [3.8, 4) is 0 Å². The van der Waals surface area contributed by atoms with Gasteiger partial charge in [-0.1, -0.05) is 0 Å². The second-order valence-electron chi connectivity index (χ2n) is 3.60. The number of Topliss-reactive ketones (excluding diaryl/α,β-unsaturated/α-hetero) is 1. The molecule has 1 aromatic rings. The third kappa shape index (κ3) is 3.25. The summed E-state index contributed by atoms with van der Waals surface area (Å²) >= 11 is 0. The summed E-state index contributed by atoms with van der Waals surface area (Å²) in [5.41, 5.74) is -0.101. The summed E-state index contributed by atoms with van der Waals surface area (Å²) in [6.07, 6.45) is -4.32. The van der Waals surface area contributed by atoms with E-state index in [0.29, 0.717) is 5.69 Å². The molecule has 0 radical (unpaired) electrons. The maximum absolute atomic E-state index is 12.3. The van der Waals surface area contributed by atoms with E-state index in [1.54, 1.807) is 11.9 Å². The van der Waals surface area contributed by atoms with Crippen LogP contribution in [0.3, 0.4) is 0 Å². The van der Waals surface area contributed by atoms with Crippen LogP contribution in [0.4, 0.5) is 18.9 Å². The lowest BCUT2D eigenvalue weighted by atomic mass is 10.2. The first-order chi connectivity index (χ1) is 7.30. The monoisotopic (exact) mass is 231 g/mol. The number of nitrogens with zero attached hydrogens (tertiary/aromatic N) is 1. The van der Waals surface area contributed by atoms with Gasteiger partial charge in [0.2, 0.25) is 0 Å². The molecule has 0 spiro atoms. The average molecular weight is 231 g/mol. The molecule has 0 saturated heterocycles. The Morgan fingerprint density at radius 3 is 2.12 bits per heavy atom. The standard InChI is InChI=1S/C11H12F3NO/c1-8(16)7-15(2)10-5-3-9(4-6-10)11(12,13)14/h3-6H,7H2,1-2H3. The molecule has 0 atom stereocenters. The molecule has 0 heterocycles. The molecule has 0 amide bonds. The van der Waals surface area contributed by atoms with Gasteiger partial charge in [0.15, 0.2) is 0 Å². The van der Waals surface area contributed by atoms with Gasteiger partial charge in [0.1, 0.15) is 5.78 Å². The van der Waals surface area contributed by atoms with E-state index < -0.39 is 11.7 Å². The number of carbonyl (C=O) groups is 1. The molecule has 0 aliphatic carbocycles. The molecular formula is C11H12F3NO. The number of hydrogen-bond donors (Lipinski definition) is 0. The minimum Gasteiger partial charge on any atom is -0.367 e. The van der Waals surface area contributed by atoms with Gasteiger partial charge in [0.25, 0.3) is 0 Å². The topological polar surface area (TPSA) is 20.3 Å². The van der Waals surface area contributed by atoms with Gasteiger partial charge in [-0.15, -0.1) is 0 Å². The van der Waals surface area contributed by atoms with Crippen LogP contribution in [0.1, 0.15) is 12.5 Å². The first kappa shape index (κ1) is 12.5. The van der Waals surface area contributed by atoms with E-state index in [0.717, 1.165) is 12.1 Å². The molecule has 0 aliphatic rings. The number of ketones is 1. The van der Waals surface area contributed by atoms with Gasteiger partial charge in [-0.05, 0) is 31.2 Å². The number of hydrogen-bond acceptors (Lipinski definition) is 2. The zero-order valence-electron chi connectivity index (χ0n) is 9.01. The van der Waals surface area contributed by atoms with E-state index in [9.17, 15) is 18.0 Å². The van der Waals surface area contributed by atoms with E-state index in [-0.39, 0.29) is 12.3 Å². The van der Waals surface area contributed by atoms with Crippen LogP contribution < -0.4 is 4.90 Å². The third-order valence-corrected chi connectivity index (χ3v) is 2.10. The SMILES string of the molecule is CC(=O)CN(C)c1ccc(C(F)(F)F)cc1. The van der Waals surface area contributed by atoms with Crippen LogP contribution >= 0.6 is 0 Å². The van der Waals surface area contributed by atoms with Crippen molar-refractivity contribution in [2.45, 2.75) is 13.1 Å². The minimum atomic E-state index is -4.32. The van der Waals surface area contributed by atoms with E-state index in [2.05, 4.69) is 0 Å². The Balaban J connectivity index is 2.83. The summed E-state index contributed by atoms with van der Waals surface area (Å²) in [6.45, 7) is 1.62. The van der Waals surface area contributed by atoms with E-state index in [1.165, 1.54) is 19.1 Å². The van der Waals surface area contributed by atoms with Gasteiger partial charge in [-0.2, -0.15) is 13.2 Å². The van der Waals surface area contributed by atoms with Gasteiger partial charge < -0.3 is 4.90 Å². The maximum atomic E-state index is 12.3. The number of halogens is 3. The summed E-state index contributed by atoms with van der Waals surface area (Å²) in [5, 5.41) is 0. The molecular weight excluding hydrogens is 219 g/mol.